The maximum Gasteiger partial charge on any atom is 0.363 e. The third-order valence-corrected chi connectivity index (χ3v) is 7.53. The lowest BCUT2D eigenvalue weighted by Crippen LogP contribution is -2.37. The number of esters is 1. The van der Waals surface area contributed by atoms with E-state index < -0.39 is 45.7 Å². The van der Waals surface area contributed by atoms with E-state index in [0.29, 0.717) is 5.56 Å². The number of nitrogens with zero attached hydrogens (tertiary/aromatic N) is 6. The Morgan fingerprint density at radius 2 is 1.61 bits per heavy atom. The Hall–Kier alpha value is -5.67. The second-order valence-corrected chi connectivity index (χ2v) is 10.2. The van der Waals surface area contributed by atoms with E-state index in [-0.39, 0.29) is 39.2 Å². The number of ether oxygens (including phenoxy) is 1. The number of amides is 2. The highest BCUT2D eigenvalue weighted by Gasteiger charge is 2.60. The molecule has 15 nitrogen and oxygen atoms in total. The van der Waals surface area contributed by atoms with Crippen LogP contribution in [-0.2, 0) is 21.5 Å². The van der Waals surface area contributed by atoms with Crippen molar-refractivity contribution in [3.8, 4) is 5.75 Å². The number of fused-ring (bicyclic) bond motifs is 1. The summed E-state index contributed by atoms with van der Waals surface area (Å²) in [6.45, 7) is 0. The number of aryl methyl sites for hydroxylation is 1. The molecule has 16 heteroatoms. The summed E-state index contributed by atoms with van der Waals surface area (Å²) >= 11 is 6.04. The number of non-ortho nitro benzene ring substituents is 2. The van der Waals surface area contributed by atoms with Crippen molar-refractivity contribution in [3.63, 3.8) is 0 Å². The van der Waals surface area contributed by atoms with Crippen molar-refractivity contribution in [3.05, 3.63) is 116 Å². The van der Waals surface area contributed by atoms with Gasteiger partial charge in [0.2, 0.25) is 5.91 Å². The summed E-state index contributed by atoms with van der Waals surface area (Å²) < 4.78 is 6.71. The number of aromatic nitrogens is 2. The largest absolute Gasteiger partial charge is 0.422 e. The lowest BCUT2D eigenvalue weighted by Gasteiger charge is -2.28. The Bertz CT molecular complexity index is 1820. The molecule has 2 aliphatic rings. The molecular formula is C28H19ClN6O9. The van der Waals surface area contributed by atoms with Crippen LogP contribution in [0.1, 0.15) is 22.1 Å². The Labute approximate surface area is 252 Å². The molecule has 3 aromatic carbocycles. The van der Waals surface area contributed by atoms with E-state index in [1.807, 2.05) is 0 Å². The number of hydroxylamine groups is 1. The van der Waals surface area contributed by atoms with E-state index >= 15 is 0 Å². The van der Waals surface area contributed by atoms with Crippen LogP contribution in [0.5, 0.6) is 5.75 Å². The summed E-state index contributed by atoms with van der Waals surface area (Å²) in [5, 5.41) is 27.9. The fourth-order valence-corrected chi connectivity index (χ4v) is 5.47. The summed E-state index contributed by atoms with van der Waals surface area (Å²) in [6.07, 6.45) is 0.00611. The maximum atomic E-state index is 13.8. The molecule has 2 saturated heterocycles. The monoisotopic (exact) mass is 618 g/mol. The molecule has 0 N–H and O–H groups in total. The second kappa shape index (κ2) is 10.9. The minimum Gasteiger partial charge on any atom is -0.422 e. The fourth-order valence-electron chi connectivity index (χ4n) is 5.23. The van der Waals surface area contributed by atoms with Gasteiger partial charge in [0, 0.05) is 31.3 Å². The van der Waals surface area contributed by atoms with Crippen molar-refractivity contribution in [2.45, 2.75) is 12.1 Å². The van der Waals surface area contributed by atoms with Crippen LogP contribution >= 0.6 is 11.6 Å². The standard InChI is InChI=1S/C28H19ClN6O9/c1-31-24(21(29)14-30-31)28(38)43-20-11-5-15(6-12-20)23-22-25(44-33(23)18-3-2-4-19(13-18)35(41)42)27(37)32(26(22)36)16-7-9-17(10-8-16)34(39)40/h2-14,22-23,25H,1H3/t22-,23-,25-/m0/s1. The second-order valence-electron chi connectivity index (χ2n) is 9.81. The molecule has 2 amide bonds. The van der Waals surface area contributed by atoms with Crippen LogP contribution in [0, 0.1) is 26.1 Å². The molecule has 0 spiro atoms. The normalized spacial score (nSPS) is 19.3. The Morgan fingerprint density at radius 3 is 2.23 bits per heavy atom. The number of nitro groups is 2. The van der Waals surface area contributed by atoms with Crippen LogP contribution in [0.15, 0.2) is 79.0 Å². The van der Waals surface area contributed by atoms with Crippen LogP contribution in [-0.4, -0.2) is 43.5 Å². The van der Waals surface area contributed by atoms with Gasteiger partial charge in [-0.3, -0.25) is 39.3 Å². The minimum absolute atomic E-state index is 0.0426. The molecule has 0 aliphatic carbocycles. The Balaban J connectivity index is 1.35. The number of carbonyl (C=O) groups excluding carboxylic acids is 3. The van der Waals surface area contributed by atoms with Gasteiger partial charge >= 0.3 is 5.97 Å². The first-order chi connectivity index (χ1) is 21.0. The van der Waals surface area contributed by atoms with Crippen molar-refractivity contribution in [2.75, 3.05) is 9.96 Å². The van der Waals surface area contributed by atoms with Crippen molar-refractivity contribution in [1.29, 1.82) is 0 Å². The zero-order valence-corrected chi connectivity index (χ0v) is 23.2. The number of halogens is 1. The SMILES string of the molecule is Cn1ncc(Cl)c1C(=O)Oc1ccc([C@H]2[C@@H]3C(=O)N(c4ccc([N+](=O)[O-])cc4)C(=O)[C@H]3ON2c2cccc([N+](=O)[O-])c2)cc1. The molecule has 2 aliphatic heterocycles. The fraction of sp³-hybridized carbons (Fsp3) is 0.143. The quantitative estimate of drug-likeness (QED) is 0.0953. The number of nitro benzene ring substituents is 2. The summed E-state index contributed by atoms with van der Waals surface area (Å²) in [6, 6.07) is 15.6. The highest BCUT2D eigenvalue weighted by molar-refractivity contribution is 6.33. The molecule has 4 aromatic rings. The van der Waals surface area contributed by atoms with E-state index in [9.17, 15) is 34.6 Å². The molecule has 2 fully saturated rings. The average molecular weight is 619 g/mol. The van der Waals surface area contributed by atoms with Crippen LogP contribution in [0.3, 0.4) is 0 Å². The lowest BCUT2D eigenvalue weighted by molar-refractivity contribution is -0.385. The molecule has 0 radical (unpaired) electrons. The third-order valence-electron chi connectivity index (χ3n) is 7.25. The number of imide groups is 1. The van der Waals surface area contributed by atoms with E-state index in [0.717, 1.165) is 4.90 Å². The first-order valence-electron chi connectivity index (χ1n) is 12.9. The van der Waals surface area contributed by atoms with Crippen molar-refractivity contribution in [1.82, 2.24) is 9.78 Å². The van der Waals surface area contributed by atoms with Crippen LogP contribution < -0.4 is 14.7 Å². The van der Waals surface area contributed by atoms with Gasteiger partial charge in [0.25, 0.3) is 17.3 Å². The van der Waals surface area contributed by atoms with Crippen LogP contribution in [0.25, 0.3) is 0 Å². The molecule has 6 rings (SSSR count). The molecule has 3 atom stereocenters. The van der Waals surface area contributed by atoms with E-state index in [1.165, 1.54) is 83.7 Å². The zero-order chi connectivity index (χ0) is 31.3. The number of hydrogen-bond acceptors (Lipinski definition) is 11. The predicted molar refractivity (Wildman–Crippen MR) is 152 cm³/mol. The van der Waals surface area contributed by atoms with Gasteiger partial charge in [0.15, 0.2) is 11.8 Å². The highest BCUT2D eigenvalue weighted by Crippen LogP contribution is 2.48. The molecule has 3 heterocycles. The summed E-state index contributed by atoms with van der Waals surface area (Å²) in [4.78, 5) is 68.3. The molecule has 0 saturated carbocycles. The smallest absolute Gasteiger partial charge is 0.363 e. The maximum absolute atomic E-state index is 13.8. The molecule has 1 aromatic heterocycles. The predicted octanol–water partition coefficient (Wildman–Crippen LogP) is 4.16. The zero-order valence-electron chi connectivity index (χ0n) is 22.5. The van der Waals surface area contributed by atoms with Gasteiger partial charge in [-0.1, -0.05) is 29.8 Å². The molecule has 0 unspecified atom stereocenters. The van der Waals surface area contributed by atoms with E-state index in [2.05, 4.69) is 5.10 Å². The Morgan fingerprint density at radius 1 is 0.932 bits per heavy atom. The average Bonchev–Trinajstić information content (AvgIpc) is 3.64. The van der Waals surface area contributed by atoms with Crippen molar-refractivity contribution in [2.24, 2.45) is 13.0 Å². The molecule has 0 bridgehead atoms. The topological polar surface area (TPSA) is 180 Å². The Kier molecular flexibility index (Phi) is 7.03. The van der Waals surface area contributed by atoms with E-state index in [4.69, 9.17) is 21.2 Å². The number of carbonyl (C=O) groups is 3. The van der Waals surface area contributed by atoms with Gasteiger partial charge in [-0.2, -0.15) is 5.10 Å². The number of anilines is 2. The number of hydrogen-bond donors (Lipinski definition) is 0. The minimum atomic E-state index is -1.30. The third kappa shape index (κ3) is 4.79. The van der Waals surface area contributed by atoms with E-state index in [1.54, 1.807) is 12.1 Å². The number of rotatable bonds is 7. The molecule has 222 valence electrons. The summed E-state index contributed by atoms with van der Waals surface area (Å²) in [7, 11) is 1.53. The van der Waals surface area contributed by atoms with Gasteiger partial charge in [0.05, 0.1) is 38.5 Å². The van der Waals surface area contributed by atoms with Crippen LogP contribution in [0.4, 0.5) is 22.7 Å². The molecular weight excluding hydrogens is 600 g/mol. The first-order valence-corrected chi connectivity index (χ1v) is 13.3. The van der Waals surface area contributed by atoms with Gasteiger partial charge in [-0.15, -0.1) is 0 Å². The van der Waals surface area contributed by atoms with Gasteiger partial charge in [-0.05, 0) is 35.9 Å². The lowest BCUT2D eigenvalue weighted by atomic mass is 9.90. The first kappa shape index (κ1) is 28.4. The number of benzene rings is 3. The summed E-state index contributed by atoms with van der Waals surface area (Å²) in [5.41, 5.74) is 0.409. The van der Waals surface area contributed by atoms with Gasteiger partial charge in [0.1, 0.15) is 11.7 Å². The van der Waals surface area contributed by atoms with Crippen LogP contribution in [0.2, 0.25) is 5.02 Å². The summed E-state index contributed by atoms with van der Waals surface area (Å²) in [5.74, 6) is -3.03. The van der Waals surface area contributed by atoms with Crippen molar-refractivity contribution < 1.29 is 33.8 Å². The highest BCUT2D eigenvalue weighted by atomic mass is 35.5. The van der Waals surface area contributed by atoms with Gasteiger partial charge < -0.3 is 4.74 Å². The molecule has 44 heavy (non-hydrogen) atoms. The van der Waals surface area contributed by atoms with Crippen molar-refractivity contribution >= 4 is 52.1 Å². The van der Waals surface area contributed by atoms with Gasteiger partial charge in [-0.25, -0.2) is 14.8 Å².